The van der Waals surface area contributed by atoms with Crippen LogP contribution in [0.1, 0.15) is 50.7 Å². The van der Waals surface area contributed by atoms with E-state index in [1.807, 2.05) is 26.1 Å². The van der Waals surface area contributed by atoms with E-state index in [-0.39, 0.29) is 0 Å². The van der Waals surface area contributed by atoms with Gasteiger partial charge in [-0.05, 0) is 31.4 Å². The summed E-state index contributed by atoms with van der Waals surface area (Å²) in [5.41, 5.74) is 10.1. The minimum atomic E-state index is 0.302. The van der Waals surface area contributed by atoms with Crippen LogP contribution in [0.25, 0.3) is 11.3 Å². The number of aromatic nitrogens is 3. The van der Waals surface area contributed by atoms with E-state index in [0.717, 1.165) is 28.5 Å². The van der Waals surface area contributed by atoms with E-state index >= 15 is 0 Å². The van der Waals surface area contributed by atoms with Gasteiger partial charge in [-0.1, -0.05) is 20.8 Å². The van der Waals surface area contributed by atoms with Crippen LogP contribution in [0.2, 0.25) is 0 Å². The highest BCUT2D eigenvalue weighted by molar-refractivity contribution is 5.99. The summed E-state index contributed by atoms with van der Waals surface area (Å²) in [6.07, 6.45) is 0.707. The molecule has 0 fully saturated rings. The Morgan fingerprint density at radius 1 is 1.26 bits per heavy atom. The van der Waals surface area contributed by atoms with Crippen LogP contribution in [0.15, 0.2) is 12.1 Å². The molecule has 0 bridgehead atoms. The van der Waals surface area contributed by atoms with Crippen molar-refractivity contribution in [2.75, 3.05) is 18.1 Å². The number of pyridine rings is 1. The number of hydrogen-bond donors (Lipinski definition) is 3. The standard InChI is InChI=1S/C17H24N6/c1-6-12-15(23-14(10(4)18)16(19)21-12)11-7-8-13(9(2)3)22-17(11)20-5/h7-9,18H,6H2,1-5H3,(H2,19,21)(H,20,22). The van der Waals surface area contributed by atoms with E-state index in [0.29, 0.717) is 29.6 Å². The molecule has 122 valence electrons. The maximum Gasteiger partial charge on any atom is 0.151 e. The van der Waals surface area contributed by atoms with Gasteiger partial charge in [0.05, 0.1) is 17.1 Å². The van der Waals surface area contributed by atoms with Crippen molar-refractivity contribution in [1.29, 1.82) is 5.41 Å². The third kappa shape index (κ3) is 3.31. The van der Waals surface area contributed by atoms with Gasteiger partial charge in [0.15, 0.2) is 5.82 Å². The van der Waals surface area contributed by atoms with Crippen LogP contribution < -0.4 is 11.1 Å². The number of nitrogens with two attached hydrogens (primary N) is 1. The van der Waals surface area contributed by atoms with Crippen molar-refractivity contribution in [3.63, 3.8) is 0 Å². The number of hydrogen-bond acceptors (Lipinski definition) is 6. The Morgan fingerprint density at radius 2 is 1.96 bits per heavy atom. The first kappa shape index (κ1) is 16.9. The van der Waals surface area contributed by atoms with Gasteiger partial charge >= 0.3 is 0 Å². The Kier molecular flexibility index (Phi) is 4.93. The lowest BCUT2D eigenvalue weighted by atomic mass is 10.0. The molecule has 23 heavy (non-hydrogen) atoms. The number of rotatable bonds is 5. The van der Waals surface area contributed by atoms with Crippen LogP contribution in [0.4, 0.5) is 11.6 Å². The maximum absolute atomic E-state index is 7.84. The fourth-order valence-corrected chi connectivity index (χ4v) is 2.40. The zero-order chi connectivity index (χ0) is 17.1. The molecule has 0 aliphatic rings. The summed E-state index contributed by atoms with van der Waals surface area (Å²) < 4.78 is 0. The second kappa shape index (κ2) is 6.73. The number of aryl methyl sites for hydroxylation is 1. The van der Waals surface area contributed by atoms with E-state index in [1.54, 1.807) is 6.92 Å². The maximum atomic E-state index is 7.84. The molecule has 0 atom stereocenters. The van der Waals surface area contributed by atoms with Crippen LogP contribution in [0.5, 0.6) is 0 Å². The van der Waals surface area contributed by atoms with Gasteiger partial charge in [-0.15, -0.1) is 0 Å². The van der Waals surface area contributed by atoms with Gasteiger partial charge in [-0.2, -0.15) is 0 Å². The monoisotopic (exact) mass is 312 g/mol. The summed E-state index contributed by atoms with van der Waals surface area (Å²) in [4.78, 5) is 13.7. The predicted molar refractivity (Wildman–Crippen MR) is 95.2 cm³/mol. The number of nitrogens with one attached hydrogen (secondary N) is 2. The van der Waals surface area contributed by atoms with E-state index in [9.17, 15) is 0 Å². The Morgan fingerprint density at radius 3 is 2.48 bits per heavy atom. The summed E-state index contributed by atoms with van der Waals surface area (Å²) >= 11 is 0. The molecule has 6 nitrogen and oxygen atoms in total. The molecule has 4 N–H and O–H groups in total. The molecule has 0 unspecified atom stereocenters. The van der Waals surface area contributed by atoms with Gasteiger partial charge in [0.1, 0.15) is 11.5 Å². The number of anilines is 2. The Balaban J connectivity index is 2.70. The fraction of sp³-hybridized carbons (Fsp3) is 0.412. The summed E-state index contributed by atoms with van der Waals surface area (Å²) in [6, 6.07) is 4.02. The second-order valence-corrected chi connectivity index (χ2v) is 5.77. The average molecular weight is 312 g/mol. The van der Waals surface area contributed by atoms with Gasteiger partial charge in [-0.25, -0.2) is 15.0 Å². The fourth-order valence-electron chi connectivity index (χ4n) is 2.40. The average Bonchev–Trinajstić information content (AvgIpc) is 2.53. The molecule has 2 aromatic rings. The topological polar surface area (TPSA) is 101 Å². The van der Waals surface area contributed by atoms with Crippen LogP contribution >= 0.6 is 0 Å². The van der Waals surface area contributed by atoms with Crippen LogP contribution in [0, 0.1) is 5.41 Å². The van der Waals surface area contributed by atoms with E-state index in [4.69, 9.17) is 11.1 Å². The Labute approximate surface area is 137 Å². The summed E-state index contributed by atoms with van der Waals surface area (Å²) in [6.45, 7) is 7.89. The third-order valence-electron chi connectivity index (χ3n) is 3.69. The summed E-state index contributed by atoms with van der Waals surface area (Å²) in [7, 11) is 1.84. The second-order valence-electron chi connectivity index (χ2n) is 5.77. The summed E-state index contributed by atoms with van der Waals surface area (Å²) in [5.74, 6) is 1.41. The van der Waals surface area contributed by atoms with E-state index in [2.05, 4.69) is 34.1 Å². The van der Waals surface area contributed by atoms with Crippen LogP contribution in [-0.4, -0.2) is 27.7 Å². The molecule has 0 saturated heterocycles. The molecule has 2 heterocycles. The minimum Gasteiger partial charge on any atom is -0.382 e. The largest absolute Gasteiger partial charge is 0.382 e. The van der Waals surface area contributed by atoms with Crippen molar-refractivity contribution in [2.45, 2.75) is 40.0 Å². The molecule has 0 saturated carbocycles. The molecule has 2 aromatic heterocycles. The smallest absolute Gasteiger partial charge is 0.151 e. The molecule has 0 radical (unpaired) electrons. The van der Waals surface area contributed by atoms with E-state index in [1.165, 1.54) is 0 Å². The van der Waals surface area contributed by atoms with Gasteiger partial charge in [0, 0.05) is 18.3 Å². The lowest BCUT2D eigenvalue weighted by Gasteiger charge is -2.15. The Hall–Kier alpha value is -2.50. The lowest BCUT2D eigenvalue weighted by molar-refractivity contribution is 0.824. The van der Waals surface area contributed by atoms with Gasteiger partial charge in [-0.3, -0.25) is 0 Å². The SMILES string of the molecule is CCc1nc(N)c(C(C)=N)nc1-c1ccc(C(C)C)nc1NC. The van der Waals surface area contributed by atoms with Crippen molar-refractivity contribution in [3.05, 3.63) is 29.2 Å². The number of nitrogen functional groups attached to an aromatic ring is 1. The molecule has 0 spiro atoms. The molecule has 2 rings (SSSR count). The highest BCUT2D eigenvalue weighted by atomic mass is 15.0. The zero-order valence-electron chi connectivity index (χ0n) is 14.4. The quantitative estimate of drug-likeness (QED) is 0.736. The molecular weight excluding hydrogens is 288 g/mol. The van der Waals surface area contributed by atoms with Crippen LogP contribution in [-0.2, 0) is 6.42 Å². The normalized spacial score (nSPS) is 10.9. The van der Waals surface area contributed by atoms with Gasteiger partial charge in [0.25, 0.3) is 0 Å². The van der Waals surface area contributed by atoms with Gasteiger partial charge < -0.3 is 16.5 Å². The predicted octanol–water partition coefficient (Wildman–Crippen LogP) is 3.24. The van der Waals surface area contributed by atoms with Crippen molar-refractivity contribution in [3.8, 4) is 11.3 Å². The van der Waals surface area contributed by atoms with E-state index < -0.39 is 0 Å². The van der Waals surface area contributed by atoms with Crippen molar-refractivity contribution in [2.24, 2.45) is 0 Å². The van der Waals surface area contributed by atoms with Crippen molar-refractivity contribution in [1.82, 2.24) is 15.0 Å². The third-order valence-corrected chi connectivity index (χ3v) is 3.69. The lowest BCUT2D eigenvalue weighted by Crippen LogP contribution is -2.11. The molecule has 0 aliphatic carbocycles. The minimum absolute atomic E-state index is 0.302. The molecular formula is C17H24N6. The molecule has 6 heteroatoms. The van der Waals surface area contributed by atoms with Crippen molar-refractivity contribution < 1.29 is 0 Å². The Bertz CT molecular complexity index is 736. The first-order valence-electron chi connectivity index (χ1n) is 7.80. The highest BCUT2D eigenvalue weighted by Crippen LogP contribution is 2.30. The summed E-state index contributed by atoms with van der Waals surface area (Å²) in [5, 5.41) is 11.0. The molecule has 0 aliphatic heterocycles. The van der Waals surface area contributed by atoms with Crippen molar-refractivity contribution >= 4 is 17.3 Å². The highest BCUT2D eigenvalue weighted by Gasteiger charge is 2.17. The van der Waals surface area contributed by atoms with Crippen LogP contribution in [0.3, 0.4) is 0 Å². The molecule has 0 aromatic carbocycles. The first-order valence-corrected chi connectivity index (χ1v) is 7.80. The first-order chi connectivity index (χ1) is 10.9. The van der Waals surface area contributed by atoms with Gasteiger partial charge in [0.2, 0.25) is 0 Å². The number of nitrogens with zero attached hydrogens (tertiary/aromatic N) is 3. The molecule has 0 amide bonds. The zero-order valence-corrected chi connectivity index (χ0v) is 14.4.